The molecule has 0 aromatic heterocycles. The van der Waals surface area contributed by atoms with E-state index >= 15 is 0 Å². The number of carbonyl (C=O) groups is 3. The Labute approximate surface area is 188 Å². The maximum atomic E-state index is 13.2. The quantitative estimate of drug-likeness (QED) is 0.755. The summed E-state index contributed by atoms with van der Waals surface area (Å²) in [5, 5.41) is 2.94. The van der Waals surface area contributed by atoms with E-state index in [1.807, 2.05) is 61.5 Å². The van der Waals surface area contributed by atoms with Crippen molar-refractivity contribution < 1.29 is 19.1 Å². The molecular formula is C25H29N3O4. The van der Waals surface area contributed by atoms with Crippen molar-refractivity contribution in [3.05, 3.63) is 54.6 Å². The van der Waals surface area contributed by atoms with Crippen LogP contribution in [-0.4, -0.2) is 48.9 Å². The molecule has 3 amide bonds. The minimum absolute atomic E-state index is 0.0380. The van der Waals surface area contributed by atoms with Crippen LogP contribution in [0.5, 0.6) is 5.75 Å². The Balaban J connectivity index is 1.36. The summed E-state index contributed by atoms with van der Waals surface area (Å²) < 4.78 is 5.46. The molecule has 1 N–H and O–H groups in total. The van der Waals surface area contributed by atoms with Crippen LogP contribution in [0, 0.1) is 11.8 Å². The van der Waals surface area contributed by atoms with E-state index in [1.54, 1.807) is 9.80 Å². The van der Waals surface area contributed by atoms with Gasteiger partial charge in [0.1, 0.15) is 5.75 Å². The number of para-hydroxylation sites is 1. The molecule has 2 fully saturated rings. The highest BCUT2D eigenvalue weighted by Gasteiger charge is 2.39. The number of benzene rings is 2. The Kier molecular flexibility index (Phi) is 6.73. The first kappa shape index (κ1) is 21.9. The fraction of sp³-hybridized carbons (Fsp3) is 0.400. The summed E-state index contributed by atoms with van der Waals surface area (Å²) in [7, 11) is 0. The van der Waals surface area contributed by atoms with Crippen molar-refractivity contribution in [2.24, 2.45) is 11.8 Å². The van der Waals surface area contributed by atoms with Crippen molar-refractivity contribution in [2.45, 2.75) is 26.2 Å². The monoisotopic (exact) mass is 435 g/mol. The molecule has 0 bridgehead atoms. The molecule has 0 saturated carbocycles. The summed E-state index contributed by atoms with van der Waals surface area (Å²) in [4.78, 5) is 41.9. The molecule has 2 aliphatic rings. The number of likely N-dealkylation sites (tertiary alicyclic amines) is 1. The number of nitrogens with zero attached hydrogens (tertiary/aromatic N) is 2. The third-order valence-electron chi connectivity index (χ3n) is 6.08. The van der Waals surface area contributed by atoms with Crippen LogP contribution in [-0.2, 0) is 14.4 Å². The van der Waals surface area contributed by atoms with E-state index in [2.05, 4.69) is 5.32 Å². The van der Waals surface area contributed by atoms with Gasteiger partial charge in [-0.15, -0.1) is 0 Å². The van der Waals surface area contributed by atoms with Crippen molar-refractivity contribution in [3.8, 4) is 5.75 Å². The first-order valence-corrected chi connectivity index (χ1v) is 11.2. The summed E-state index contributed by atoms with van der Waals surface area (Å²) >= 11 is 0. The Morgan fingerprint density at radius 2 is 1.78 bits per heavy atom. The molecule has 2 heterocycles. The lowest BCUT2D eigenvalue weighted by atomic mass is 9.95. The molecule has 2 aliphatic heterocycles. The zero-order valence-electron chi connectivity index (χ0n) is 18.3. The van der Waals surface area contributed by atoms with Crippen LogP contribution in [0.2, 0.25) is 0 Å². The summed E-state index contributed by atoms with van der Waals surface area (Å²) in [6, 6.07) is 16.7. The van der Waals surface area contributed by atoms with Gasteiger partial charge in [0.25, 0.3) is 0 Å². The maximum Gasteiger partial charge on any atom is 0.229 e. The SMILES string of the molecule is CCOc1ccc(N2C[C@H](C(=O)N3CCC[C@H](C(=O)Nc4ccccc4)C3)CC2=O)cc1. The number of hydrogen-bond acceptors (Lipinski definition) is 4. The number of carbonyl (C=O) groups excluding carboxylic acids is 3. The Bertz CT molecular complexity index is 961. The van der Waals surface area contributed by atoms with E-state index in [0.717, 1.165) is 30.0 Å². The molecule has 0 unspecified atom stereocenters. The third kappa shape index (κ3) is 4.93. The first-order valence-electron chi connectivity index (χ1n) is 11.2. The number of amides is 3. The highest BCUT2D eigenvalue weighted by molar-refractivity contribution is 6.00. The zero-order chi connectivity index (χ0) is 22.5. The van der Waals surface area contributed by atoms with Crippen LogP contribution in [0.3, 0.4) is 0 Å². The second-order valence-electron chi connectivity index (χ2n) is 8.31. The van der Waals surface area contributed by atoms with Gasteiger partial charge in [-0.05, 0) is 56.2 Å². The molecule has 7 nitrogen and oxygen atoms in total. The van der Waals surface area contributed by atoms with E-state index in [4.69, 9.17) is 4.74 Å². The molecule has 7 heteroatoms. The van der Waals surface area contributed by atoms with Crippen LogP contribution in [0.25, 0.3) is 0 Å². The van der Waals surface area contributed by atoms with E-state index in [9.17, 15) is 14.4 Å². The van der Waals surface area contributed by atoms with E-state index in [1.165, 1.54) is 0 Å². The lowest BCUT2D eigenvalue weighted by Gasteiger charge is -2.33. The summed E-state index contributed by atoms with van der Waals surface area (Å²) in [5.41, 5.74) is 1.53. The average Bonchev–Trinajstić information content (AvgIpc) is 3.21. The fourth-order valence-corrected chi connectivity index (χ4v) is 4.43. The number of piperidine rings is 1. The average molecular weight is 436 g/mol. The molecule has 2 atom stereocenters. The molecule has 0 aliphatic carbocycles. The Hall–Kier alpha value is -3.35. The van der Waals surface area contributed by atoms with Crippen molar-refractivity contribution >= 4 is 29.1 Å². The van der Waals surface area contributed by atoms with E-state index in [-0.39, 0.29) is 36.0 Å². The zero-order valence-corrected chi connectivity index (χ0v) is 18.3. The molecule has 2 saturated heterocycles. The lowest BCUT2D eigenvalue weighted by molar-refractivity contribution is -0.138. The molecule has 168 valence electrons. The number of anilines is 2. The molecule has 0 radical (unpaired) electrons. The van der Waals surface area contributed by atoms with Crippen LogP contribution in [0.1, 0.15) is 26.2 Å². The number of hydrogen-bond donors (Lipinski definition) is 1. The molecule has 2 aromatic carbocycles. The minimum atomic E-state index is -0.384. The normalized spacial score (nSPS) is 20.8. The van der Waals surface area contributed by atoms with Gasteiger partial charge < -0.3 is 19.9 Å². The number of ether oxygens (including phenoxy) is 1. The second kappa shape index (κ2) is 9.85. The molecule has 4 rings (SSSR count). The standard InChI is InChI=1S/C25H29N3O4/c1-2-32-22-12-10-21(11-13-22)28-17-19(15-23(28)29)25(31)27-14-6-7-18(16-27)24(30)26-20-8-4-3-5-9-20/h3-5,8-13,18-19H,2,6-7,14-17H2,1H3,(H,26,30)/t18-,19+/m0/s1. The predicted molar refractivity (Wildman–Crippen MR) is 122 cm³/mol. The van der Waals surface area contributed by atoms with Gasteiger partial charge in [0.05, 0.1) is 18.4 Å². The maximum absolute atomic E-state index is 13.2. The van der Waals surface area contributed by atoms with Crippen LogP contribution in [0.15, 0.2) is 54.6 Å². The molecule has 2 aromatic rings. The third-order valence-corrected chi connectivity index (χ3v) is 6.08. The van der Waals surface area contributed by atoms with Gasteiger partial charge in [-0.25, -0.2) is 0 Å². The van der Waals surface area contributed by atoms with Gasteiger partial charge in [0, 0.05) is 37.4 Å². The van der Waals surface area contributed by atoms with Gasteiger partial charge in [-0.3, -0.25) is 14.4 Å². The summed E-state index contributed by atoms with van der Waals surface area (Å²) in [6.45, 7) is 3.89. The van der Waals surface area contributed by atoms with Crippen molar-refractivity contribution in [1.82, 2.24) is 4.90 Å². The van der Waals surface area contributed by atoms with Crippen LogP contribution < -0.4 is 15.0 Å². The van der Waals surface area contributed by atoms with Gasteiger partial charge in [0.2, 0.25) is 17.7 Å². The van der Waals surface area contributed by atoms with Gasteiger partial charge in [-0.1, -0.05) is 18.2 Å². The minimum Gasteiger partial charge on any atom is -0.494 e. The lowest BCUT2D eigenvalue weighted by Crippen LogP contribution is -2.46. The molecule has 32 heavy (non-hydrogen) atoms. The van der Waals surface area contributed by atoms with Crippen molar-refractivity contribution in [3.63, 3.8) is 0 Å². The number of nitrogens with one attached hydrogen (secondary N) is 1. The Morgan fingerprint density at radius 3 is 2.50 bits per heavy atom. The van der Waals surface area contributed by atoms with Gasteiger partial charge >= 0.3 is 0 Å². The molecule has 0 spiro atoms. The van der Waals surface area contributed by atoms with E-state index in [0.29, 0.717) is 26.2 Å². The van der Waals surface area contributed by atoms with Crippen molar-refractivity contribution in [1.29, 1.82) is 0 Å². The predicted octanol–water partition coefficient (Wildman–Crippen LogP) is 3.32. The topological polar surface area (TPSA) is 79.0 Å². The van der Waals surface area contributed by atoms with Crippen LogP contribution >= 0.6 is 0 Å². The summed E-state index contributed by atoms with van der Waals surface area (Å²) in [6.07, 6.45) is 1.73. The van der Waals surface area contributed by atoms with Crippen molar-refractivity contribution in [2.75, 3.05) is 36.5 Å². The van der Waals surface area contributed by atoms with Gasteiger partial charge in [0.15, 0.2) is 0 Å². The largest absolute Gasteiger partial charge is 0.494 e. The summed E-state index contributed by atoms with van der Waals surface area (Å²) in [5.74, 6) is -0.0278. The number of rotatable bonds is 6. The smallest absolute Gasteiger partial charge is 0.229 e. The fourth-order valence-electron chi connectivity index (χ4n) is 4.43. The second-order valence-corrected chi connectivity index (χ2v) is 8.31. The Morgan fingerprint density at radius 1 is 1.03 bits per heavy atom. The highest BCUT2D eigenvalue weighted by Crippen LogP contribution is 2.29. The first-order chi connectivity index (χ1) is 15.5. The van der Waals surface area contributed by atoms with Crippen LogP contribution in [0.4, 0.5) is 11.4 Å². The van der Waals surface area contributed by atoms with E-state index < -0.39 is 0 Å². The molecular weight excluding hydrogens is 406 g/mol. The highest BCUT2D eigenvalue weighted by atomic mass is 16.5. The van der Waals surface area contributed by atoms with Gasteiger partial charge in [-0.2, -0.15) is 0 Å².